The molecule has 0 spiro atoms. The molecule has 0 unspecified atom stereocenters. The highest BCUT2D eigenvalue weighted by molar-refractivity contribution is 7.18. The average molecular weight is 322 g/mol. The summed E-state index contributed by atoms with van der Waals surface area (Å²) in [4.78, 5) is 12.4. The van der Waals surface area contributed by atoms with E-state index in [1.165, 1.54) is 0 Å². The van der Waals surface area contributed by atoms with Crippen LogP contribution in [0.1, 0.15) is 13.8 Å². The van der Waals surface area contributed by atoms with Gasteiger partial charge in [0.2, 0.25) is 0 Å². The summed E-state index contributed by atoms with van der Waals surface area (Å²) < 4.78 is 13.0. The number of ether oxygens (including phenoxy) is 2. The highest BCUT2D eigenvalue weighted by Crippen LogP contribution is 2.31. The van der Waals surface area contributed by atoms with Crippen molar-refractivity contribution >= 4 is 16.5 Å². The zero-order chi connectivity index (χ0) is 15.6. The van der Waals surface area contributed by atoms with Crippen molar-refractivity contribution < 1.29 is 9.47 Å². The molecule has 1 fully saturated rings. The van der Waals surface area contributed by atoms with Crippen molar-refractivity contribution in [2.24, 2.45) is 0 Å². The Morgan fingerprint density at radius 3 is 2.82 bits per heavy atom. The van der Waals surface area contributed by atoms with Crippen LogP contribution in [0.2, 0.25) is 0 Å². The number of methoxy groups -OCH3 is 1. The molecule has 6 nitrogen and oxygen atoms in total. The number of hydrogen-bond donors (Lipinski definition) is 0. The van der Waals surface area contributed by atoms with Gasteiger partial charge in [0.15, 0.2) is 11.0 Å². The van der Waals surface area contributed by atoms with Crippen LogP contribution >= 0.6 is 11.3 Å². The number of nitrogens with zero attached hydrogens (tertiary/aromatic N) is 4. The molecule has 1 aliphatic rings. The second-order valence-electron chi connectivity index (χ2n) is 5.95. The Kier molecular flexibility index (Phi) is 4.46. The molecule has 2 aromatic rings. The van der Waals surface area contributed by atoms with Gasteiger partial charge < -0.3 is 18.9 Å². The van der Waals surface area contributed by atoms with Crippen LogP contribution in [0.5, 0.6) is 0 Å². The molecule has 0 saturated carbocycles. The topological polar surface area (TPSA) is 52.4 Å². The molecule has 0 aliphatic carbocycles. The Morgan fingerprint density at radius 1 is 1.32 bits per heavy atom. The second kappa shape index (κ2) is 6.36. The van der Waals surface area contributed by atoms with Gasteiger partial charge in [-0.25, -0.2) is 9.97 Å². The van der Waals surface area contributed by atoms with Crippen LogP contribution in [-0.4, -0.2) is 53.5 Å². The fraction of sp³-hybridized carbons (Fsp3) is 0.600. The number of morpholine rings is 1. The van der Waals surface area contributed by atoms with E-state index in [1.54, 1.807) is 18.4 Å². The predicted molar refractivity (Wildman–Crippen MR) is 87.5 cm³/mol. The molecule has 0 radical (unpaired) electrons. The van der Waals surface area contributed by atoms with Crippen LogP contribution in [0.3, 0.4) is 0 Å². The fourth-order valence-corrected chi connectivity index (χ4v) is 3.39. The van der Waals surface area contributed by atoms with Crippen LogP contribution in [0, 0.1) is 0 Å². The zero-order valence-electron chi connectivity index (χ0n) is 13.3. The first kappa shape index (κ1) is 15.5. The first-order valence-electron chi connectivity index (χ1n) is 7.44. The molecule has 0 aromatic carbocycles. The number of hydrogen-bond acceptors (Lipinski definition) is 6. The number of anilines is 1. The molecule has 22 heavy (non-hydrogen) atoms. The maximum absolute atomic E-state index is 5.52. The summed E-state index contributed by atoms with van der Waals surface area (Å²) in [7, 11) is 1.74. The van der Waals surface area contributed by atoms with E-state index in [-0.39, 0.29) is 5.60 Å². The normalized spacial score (nSPS) is 16.2. The summed E-state index contributed by atoms with van der Waals surface area (Å²) in [5.41, 5.74) is -0.229. The molecule has 3 heterocycles. The molecule has 120 valence electrons. The third-order valence-electron chi connectivity index (χ3n) is 3.81. The maximum atomic E-state index is 5.52. The lowest BCUT2D eigenvalue weighted by Crippen LogP contribution is -2.36. The minimum Gasteiger partial charge on any atom is -0.378 e. The van der Waals surface area contributed by atoms with Crippen molar-refractivity contribution in [3.8, 4) is 10.7 Å². The lowest BCUT2D eigenvalue weighted by Gasteiger charge is -2.26. The van der Waals surface area contributed by atoms with Gasteiger partial charge >= 0.3 is 0 Å². The fourth-order valence-electron chi connectivity index (χ4n) is 2.41. The van der Waals surface area contributed by atoms with E-state index < -0.39 is 0 Å². The first-order valence-corrected chi connectivity index (χ1v) is 8.26. The Morgan fingerprint density at radius 2 is 2.09 bits per heavy atom. The number of rotatable bonds is 5. The van der Waals surface area contributed by atoms with Crippen LogP contribution in [-0.2, 0) is 16.0 Å². The highest BCUT2D eigenvalue weighted by atomic mass is 32.1. The Labute approximate surface area is 134 Å². The molecule has 3 rings (SSSR count). The lowest BCUT2D eigenvalue weighted by molar-refractivity contribution is 0.00851. The summed E-state index contributed by atoms with van der Waals surface area (Å²) in [6, 6.07) is 0. The van der Waals surface area contributed by atoms with E-state index in [0.717, 1.165) is 48.7 Å². The van der Waals surface area contributed by atoms with Gasteiger partial charge in [0.05, 0.1) is 36.4 Å². The minimum absolute atomic E-state index is 0.229. The van der Waals surface area contributed by atoms with Gasteiger partial charge in [0.1, 0.15) is 0 Å². The third-order valence-corrected chi connectivity index (χ3v) is 4.87. The summed E-state index contributed by atoms with van der Waals surface area (Å²) in [6.45, 7) is 8.24. The molecule has 0 bridgehead atoms. The average Bonchev–Trinajstić information content (AvgIpc) is 3.16. The Hall–Kier alpha value is -1.44. The smallest absolute Gasteiger partial charge is 0.186 e. The minimum atomic E-state index is -0.229. The largest absolute Gasteiger partial charge is 0.378 e. The van der Waals surface area contributed by atoms with Gasteiger partial charge in [-0.05, 0) is 13.8 Å². The molecular formula is C15H22N4O2S. The van der Waals surface area contributed by atoms with Gasteiger partial charge in [-0.2, -0.15) is 0 Å². The molecule has 1 saturated heterocycles. The molecule has 0 amide bonds. The molecule has 7 heteroatoms. The number of imidazole rings is 1. The van der Waals surface area contributed by atoms with Crippen LogP contribution in [0.15, 0.2) is 18.6 Å². The molecular weight excluding hydrogens is 300 g/mol. The van der Waals surface area contributed by atoms with Crippen molar-refractivity contribution in [3.63, 3.8) is 0 Å². The predicted octanol–water partition coefficient (Wildman–Crippen LogP) is 2.27. The van der Waals surface area contributed by atoms with Crippen molar-refractivity contribution in [3.05, 3.63) is 18.6 Å². The maximum Gasteiger partial charge on any atom is 0.186 e. The van der Waals surface area contributed by atoms with E-state index >= 15 is 0 Å². The summed E-state index contributed by atoms with van der Waals surface area (Å²) >= 11 is 1.68. The van der Waals surface area contributed by atoms with Gasteiger partial charge in [-0.1, -0.05) is 11.3 Å². The van der Waals surface area contributed by atoms with Crippen LogP contribution < -0.4 is 4.90 Å². The van der Waals surface area contributed by atoms with Crippen molar-refractivity contribution in [1.29, 1.82) is 0 Å². The third kappa shape index (κ3) is 3.31. The summed E-state index contributed by atoms with van der Waals surface area (Å²) in [5.74, 6) is 0.946. The van der Waals surface area contributed by atoms with Gasteiger partial charge in [0.25, 0.3) is 0 Å². The van der Waals surface area contributed by atoms with Crippen molar-refractivity contribution in [1.82, 2.24) is 14.5 Å². The van der Waals surface area contributed by atoms with Crippen molar-refractivity contribution in [2.75, 3.05) is 38.3 Å². The quantitative estimate of drug-likeness (QED) is 0.845. The van der Waals surface area contributed by atoms with Crippen LogP contribution in [0.25, 0.3) is 10.7 Å². The Balaban J connectivity index is 1.80. The van der Waals surface area contributed by atoms with Gasteiger partial charge in [0, 0.05) is 32.6 Å². The SMILES string of the molecule is COC(C)(C)Cn1ccnc1-c1cnc(N2CCOCC2)s1. The molecule has 0 atom stereocenters. The van der Waals surface area contributed by atoms with E-state index in [9.17, 15) is 0 Å². The number of thiazole rings is 1. The standard InChI is InChI=1S/C15H22N4O2S/c1-15(2,20-3)11-19-5-4-16-13(19)12-10-17-14(22-12)18-6-8-21-9-7-18/h4-5,10H,6-9,11H2,1-3H3. The summed E-state index contributed by atoms with van der Waals surface area (Å²) in [6.07, 6.45) is 5.73. The van der Waals surface area contributed by atoms with Gasteiger partial charge in [-0.15, -0.1) is 0 Å². The molecule has 0 N–H and O–H groups in total. The van der Waals surface area contributed by atoms with E-state index in [2.05, 4.69) is 33.3 Å². The first-order chi connectivity index (χ1) is 10.6. The zero-order valence-corrected chi connectivity index (χ0v) is 14.1. The Bertz CT molecular complexity index is 617. The van der Waals surface area contributed by atoms with Crippen LogP contribution in [0.4, 0.5) is 5.13 Å². The molecule has 1 aliphatic heterocycles. The van der Waals surface area contributed by atoms with E-state index in [4.69, 9.17) is 9.47 Å². The monoisotopic (exact) mass is 322 g/mol. The summed E-state index contributed by atoms with van der Waals surface area (Å²) in [5, 5.41) is 1.04. The van der Waals surface area contributed by atoms with Gasteiger partial charge in [-0.3, -0.25) is 0 Å². The number of aromatic nitrogens is 3. The van der Waals surface area contributed by atoms with E-state index in [1.807, 2.05) is 18.6 Å². The molecule has 2 aromatic heterocycles. The highest BCUT2D eigenvalue weighted by Gasteiger charge is 2.21. The van der Waals surface area contributed by atoms with Crippen molar-refractivity contribution in [2.45, 2.75) is 26.0 Å². The lowest BCUT2D eigenvalue weighted by atomic mass is 10.1. The second-order valence-corrected chi connectivity index (χ2v) is 6.96. The van der Waals surface area contributed by atoms with E-state index in [0.29, 0.717) is 0 Å².